The van der Waals surface area contributed by atoms with Gasteiger partial charge in [0.05, 0.1) is 18.2 Å². The van der Waals surface area contributed by atoms with Crippen LogP contribution in [0, 0.1) is 23.7 Å². The third-order valence-corrected chi connectivity index (χ3v) is 12.3. The highest BCUT2D eigenvalue weighted by atomic mass is 16.7. The van der Waals surface area contributed by atoms with Crippen molar-refractivity contribution in [1.82, 2.24) is 9.80 Å². The fraction of sp³-hybridized carbons (Fsp3) is 0.714. The Morgan fingerprint density at radius 3 is 2.60 bits per heavy atom. The first-order chi connectivity index (χ1) is 25.4. The Hall–Kier alpha value is -2.92. The van der Waals surface area contributed by atoms with Crippen LogP contribution in [0.25, 0.3) is 0 Å². The van der Waals surface area contributed by atoms with Crippen molar-refractivity contribution < 1.29 is 34.1 Å². The van der Waals surface area contributed by atoms with Crippen LogP contribution in [0.15, 0.2) is 47.7 Å². The maximum atomic E-state index is 14.2. The zero-order valence-corrected chi connectivity index (χ0v) is 31.7. The molecule has 3 aliphatic carbocycles. The molecule has 1 aromatic rings. The Bertz CT molecular complexity index is 1410. The van der Waals surface area contributed by atoms with Crippen LogP contribution in [0.3, 0.4) is 0 Å². The number of amides is 1. The lowest BCUT2D eigenvalue weighted by atomic mass is 9.55. The van der Waals surface area contributed by atoms with Crippen molar-refractivity contribution in [2.75, 3.05) is 59.7 Å². The number of ether oxygens (including phenoxy) is 3. The molecule has 3 fully saturated rings. The monoisotopic (exact) mass is 721 g/mol. The lowest BCUT2D eigenvalue weighted by molar-refractivity contribution is -0.255. The molecule has 5 aliphatic rings. The van der Waals surface area contributed by atoms with E-state index in [-0.39, 0.29) is 49.4 Å². The molecule has 0 aromatic heterocycles. The lowest BCUT2D eigenvalue weighted by Crippen LogP contribution is -2.69. The average Bonchev–Trinajstić information content (AvgIpc) is 3.83. The molecule has 0 radical (unpaired) electrons. The quantitative estimate of drug-likeness (QED) is 0.0644. The Kier molecular flexibility index (Phi) is 13.7. The number of aliphatic hydroxyl groups excluding tert-OH is 2. The highest BCUT2D eigenvalue weighted by molar-refractivity contribution is 6.03. The van der Waals surface area contributed by atoms with E-state index in [1.54, 1.807) is 6.08 Å². The summed E-state index contributed by atoms with van der Waals surface area (Å²) in [5, 5.41) is 24.4. The van der Waals surface area contributed by atoms with Gasteiger partial charge in [0.2, 0.25) is 11.7 Å². The highest BCUT2D eigenvalue weighted by Crippen LogP contribution is 2.61. The summed E-state index contributed by atoms with van der Waals surface area (Å²) in [6, 6.07) is 5.74. The third-order valence-electron chi connectivity index (χ3n) is 12.3. The molecule has 2 N–H and O–H groups in total. The molecule has 2 heterocycles. The van der Waals surface area contributed by atoms with Crippen LogP contribution in [0.4, 0.5) is 0 Å². The zero-order valence-electron chi connectivity index (χ0n) is 31.7. The van der Waals surface area contributed by atoms with Crippen LogP contribution in [0.1, 0.15) is 102 Å². The van der Waals surface area contributed by atoms with Gasteiger partial charge in [0.1, 0.15) is 30.8 Å². The van der Waals surface area contributed by atoms with Crippen LogP contribution in [0.2, 0.25) is 0 Å². The lowest BCUT2D eigenvalue weighted by Gasteiger charge is -2.59. The molecule has 0 unspecified atom stereocenters. The number of fused-ring (bicyclic) bond motifs is 2. The average molecular weight is 722 g/mol. The summed E-state index contributed by atoms with van der Waals surface area (Å²) in [6.07, 6.45) is 16.0. The molecule has 1 amide bonds. The Labute approximate surface area is 311 Å². The number of oxime groups is 1. The topological polar surface area (TPSA) is 113 Å². The van der Waals surface area contributed by atoms with E-state index in [1.165, 1.54) is 25.7 Å². The van der Waals surface area contributed by atoms with E-state index in [1.807, 2.05) is 31.0 Å². The number of nitrogens with zero attached hydrogens (tertiary/aromatic N) is 3. The van der Waals surface area contributed by atoms with Crippen molar-refractivity contribution in [2.45, 2.75) is 108 Å². The summed E-state index contributed by atoms with van der Waals surface area (Å²) in [4.78, 5) is 24.2. The predicted molar refractivity (Wildman–Crippen MR) is 202 cm³/mol. The number of hydrogen-bond acceptors (Lipinski definition) is 9. The normalized spacial score (nSPS) is 28.8. The van der Waals surface area contributed by atoms with Gasteiger partial charge in [-0.2, -0.15) is 0 Å². The van der Waals surface area contributed by atoms with Gasteiger partial charge in [-0.05, 0) is 80.6 Å². The number of carbonyl (C=O) groups is 1. The molecule has 0 bridgehead atoms. The van der Waals surface area contributed by atoms with E-state index >= 15 is 0 Å². The zero-order chi connectivity index (χ0) is 36.5. The fourth-order valence-corrected chi connectivity index (χ4v) is 9.52. The number of benzene rings is 1. The molecule has 0 spiro atoms. The molecular formula is C42H63N3O7. The van der Waals surface area contributed by atoms with Crippen molar-refractivity contribution in [1.29, 1.82) is 0 Å². The minimum atomic E-state index is -1.20. The van der Waals surface area contributed by atoms with Crippen molar-refractivity contribution in [2.24, 2.45) is 28.8 Å². The maximum absolute atomic E-state index is 14.2. The van der Waals surface area contributed by atoms with E-state index in [0.717, 1.165) is 92.9 Å². The molecule has 1 saturated heterocycles. The van der Waals surface area contributed by atoms with Crippen LogP contribution in [0.5, 0.6) is 11.5 Å². The van der Waals surface area contributed by atoms with Gasteiger partial charge in [-0.15, -0.1) is 6.58 Å². The first-order valence-corrected chi connectivity index (χ1v) is 20.2. The Balaban J connectivity index is 1.47. The summed E-state index contributed by atoms with van der Waals surface area (Å²) in [5.41, 5.74) is 3.00. The molecule has 2 saturated carbocycles. The second kappa shape index (κ2) is 18.4. The summed E-state index contributed by atoms with van der Waals surface area (Å²) in [7, 11) is 1.91. The highest BCUT2D eigenvalue weighted by Gasteiger charge is 2.65. The van der Waals surface area contributed by atoms with Crippen molar-refractivity contribution in [3.63, 3.8) is 0 Å². The van der Waals surface area contributed by atoms with Crippen molar-refractivity contribution >= 4 is 11.6 Å². The summed E-state index contributed by atoms with van der Waals surface area (Å²) < 4.78 is 20.6. The van der Waals surface area contributed by atoms with Gasteiger partial charge < -0.3 is 34.2 Å². The van der Waals surface area contributed by atoms with Gasteiger partial charge in [-0.1, -0.05) is 55.8 Å². The smallest absolute Gasteiger partial charge is 0.239 e. The molecule has 1 aromatic carbocycles. The Morgan fingerprint density at radius 1 is 1.12 bits per heavy atom. The van der Waals surface area contributed by atoms with Crippen LogP contribution >= 0.6 is 0 Å². The molecular weight excluding hydrogens is 658 g/mol. The minimum absolute atomic E-state index is 0.0428. The van der Waals surface area contributed by atoms with Crippen LogP contribution < -0.4 is 9.47 Å². The SMILES string of the molecule is C=CCO[C@@]12Oc3ccc(OCCN4CC4)cc3[C@H]3[C@H](CCCCO)[C@@H](CCCCO)C=C(C(=NOCC)C[C@@H]1N(C)C(=O)CCC1CCCC1)[C@H]32. The second-order valence-corrected chi connectivity index (χ2v) is 15.6. The van der Waals surface area contributed by atoms with Gasteiger partial charge >= 0.3 is 0 Å². The summed E-state index contributed by atoms with van der Waals surface area (Å²) >= 11 is 0. The standard InChI is InChI=1S/C42H63N3O7/c1-4-25-50-42-38(44(3)39(48)19-16-30-12-6-7-13-30)29-36(43-51-5-2)34-27-31(14-8-10-23-46)33(15-9-11-24-47)40(41(34)42)35-28-32(17-18-37(35)52-42)49-26-22-45-20-21-45/h4,17-18,27-28,30-31,33,38,40-41,46-47H,1,5-16,19-26,29H2,2-3H3/t31-,33+,38-,40+,41+,42+/m0/s1. The first-order valence-electron chi connectivity index (χ1n) is 20.2. The van der Waals surface area contributed by atoms with Crippen LogP contribution in [-0.4, -0.2) is 103 Å². The summed E-state index contributed by atoms with van der Waals surface area (Å²) in [6.45, 7) is 10.8. The van der Waals surface area contributed by atoms with E-state index in [9.17, 15) is 15.0 Å². The largest absolute Gasteiger partial charge is 0.492 e. The molecule has 288 valence electrons. The van der Waals surface area contributed by atoms with E-state index in [4.69, 9.17) is 24.2 Å². The Morgan fingerprint density at radius 2 is 1.88 bits per heavy atom. The predicted octanol–water partition coefficient (Wildman–Crippen LogP) is 6.46. The van der Waals surface area contributed by atoms with Gasteiger partial charge in [-0.3, -0.25) is 9.69 Å². The minimum Gasteiger partial charge on any atom is -0.492 e. The van der Waals surface area contributed by atoms with Gasteiger partial charge in [0.15, 0.2) is 0 Å². The van der Waals surface area contributed by atoms with Gasteiger partial charge in [0, 0.05) is 64.2 Å². The first kappa shape index (κ1) is 38.8. The number of likely N-dealkylation sites (N-methyl/N-ethyl adjacent to an activating group) is 1. The molecule has 10 heteroatoms. The molecule has 6 atom stereocenters. The van der Waals surface area contributed by atoms with Crippen molar-refractivity contribution in [3.8, 4) is 11.5 Å². The van der Waals surface area contributed by atoms with E-state index in [2.05, 4.69) is 23.6 Å². The molecule has 6 rings (SSSR count). The molecule has 2 aliphatic heterocycles. The number of hydrogen-bond donors (Lipinski definition) is 2. The fourth-order valence-electron chi connectivity index (χ4n) is 9.52. The summed E-state index contributed by atoms with van der Waals surface area (Å²) in [5.74, 6) is 1.15. The number of allylic oxidation sites excluding steroid dienone is 1. The van der Waals surface area contributed by atoms with Crippen molar-refractivity contribution in [3.05, 3.63) is 48.1 Å². The second-order valence-electron chi connectivity index (χ2n) is 15.6. The molecule has 52 heavy (non-hydrogen) atoms. The van der Waals surface area contributed by atoms with E-state index < -0.39 is 11.8 Å². The van der Waals surface area contributed by atoms with Gasteiger partial charge in [-0.25, -0.2) is 0 Å². The number of aliphatic hydroxyl groups is 2. The van der Waals surface area contributed by atoms with E-state index in [0.29, 0.717) is 32.0 Å². The van der Waals surface area contributed by atoms with Crippen LogP contribution in [-0.2, 0) is 14.4 Å². The third kappa shape index (κ3) is 8.72. The molecule has 10 nitrogen and oxygen atoms in total. The van der Waals surface area contributed by atoms with Gasteiger partial charge in [0.25, 0.3) is 0 Å². The number of rotatable bonds is 21. The number of unbranched alkanes of at least 4 members (excludes halogenated alkanes) is 2. The maximum Gasteiger partial charge on any atom is 0.239 e. The number of carbonyl (C=O) groups excluding carboxylic acids is 1.